The molecule has 1 fully saturated rings. The number of halogens is 1. The van der Waals surface area contributed by atoms with E-state index in [-0.39, 0.29) is 5.25 Å². The molecule has 4 heteroatoms. The van der Waals surface area contributed by atoms with E-state index in [0.29, 0.717) is 5.78 Å². The number of nitrogens with zero attached hydrogens (tertiary/aromatic N) is 1. The Labute approximate surface area is 102 Å². The summed E-state index contributed by atoms with van der Waals surface area (Å²) in [6.07, 6.45) is 5.71. The molecule has 2 rings (SSSR count). The van der Waals surface area contributed by atoms with Gasteiger partial charge in [-0.15, -0.1) is 0 Å². The van der Waals surface area contributed by atoms with Crippen molar-refractivity contribution in [3.05, 3.63) is 22.8 Å². The number of Topliss-reactive ketones (excluding diaryl/α,β-unsaturated/α-hetero) is 1. The molecule has 0 saturated heterocycles. The van der Waals surface area contributed by atoms with E-state index in [1.807, 2.05) is 12.1 Å². The minimum absolute atomic E-state index is 0.116. The van der Waals surface area contributed by atoms with E-state index in [4.69, 9.17) is 0 Å². The van der Waals surface area contributed by atoms with Gasteiger partial charge >= 0.3 is 0 Å². The van der Waals surface area contributed by atoms with Gasteiger partial charge < -0.3 is 0 Å². The summed E-state index contributed by atoms with van der Waals surface area (Å²) in [4.78, 5) is 15.9. The van der Waals surface area contributed by atoms with Crippen LogP contribution < -0.4 is 0 Å². The third kappa shape index (κ3) is 2.82. The van der Waals surface area contributed by atoms with Crippen molar-refractivity contribution < 1.29 is 4.79 Å². The Bertz CT molecular complexity index is 369. The SMILES string of the molecule is O=C1CCCCC1Sc1ncccc1Br. The quantitative estimate of drug-likeness (QED) is 0.834. The number of aromatic nitrogens is 1. The van der Waals surface area contributed by atoms with Gasteiger partial charge in [0.25, 0.3) is 0 Å². The lowest BCUT2D eigenvalue weighted by Gasteiger charge is -2.19. The predicted molar refractivity (Wildman–Crippen MR) is 65.1 cm³/mol. The maximum atomic E-state index is 11.6. The molecule has 1 aliphatic carbocycles. The summed E-state index contributed by atoms with van der Waals surface area (Å²) >= 11 is 5.04. The second-order valence-corrected chi connectivity index (χ2v) is 5.65. The van der Waals surface area contributed by atoms with Crippen molar-refractivity contribution >= 4 is 33.5 Å². The Morgan fingerprint density at radius 2 is 2.33 bits per heavy atom. The summed E-state index contributed by atoms with van der Waals surface area (Å²) in [5.41, 5.74) is 0. The van der Waals surface area contributed by atoms with Gasteiger partial charge in [0.15, 0.2) is 0 Å². The Hall–Kier alpha value is -0.350. The van der Waals surface area contributed by atoms with E-state index in [9.17, 15) is 4.79 Å². The van der Waals surface area contributed by atoms with Crippen LogP contribution in [-0.4, -0.2) is 16.0 Å². The lowest BCUT2D eigenvalue weighted by Crippen LogP contribution is -2.21. The molecule has 2 nitrogen and oxygen atoms in total. The molecule has 0 spiro atoms. The van der Waals surface area contributed by atoms with Gasteiger partial charge in [0.1, 0.15) is 10.8 Å². The molecule has 1 heterocycles. The molecule has 1 aromatic rings. The van der Waals surface area contributed by atoms with Gasteiger partial charge in [0.2, 0.25) is 0 Å². The van der Waals surface area contributed by atoms with E-state index in [2.05, 4.69) is 20.9 Å². The van der Waals surface area contributed by atoms with E-state index >= 15 is 0 Å². The first-order valence-electron chi connectivity index (χ1n) is 5.07. The van der Waals surface area contributed by atoms with Crippen molar-refractivity contribution in [2.45, 2.75) is 36.0 Å². The van der Waals surface area contributed by atoms with E-state index in [0.717, 1.165) is 35.2 Å². The zero-order chi connectivity index (χ0) is 10.7. The van der Waals surface area contributed by atoms with Crippen LogP contribution >= 0.6 is 27.7 Å². The van der Waals surface area contributed by atoms with E-state index in [1.165, 1.54) is 0 Å². The summed E-state index contributed by atoms with van der Waals surface area (Å²) in [5.74, 6) is 0.379. The zero-order valence-electron chi connectivity index (χ0n) is 8.28. The number of hydrogen-bond donors (Lipinski definition) is 0. The van der Waals surface area contributed by atoms with Crippen LogP contribution in [0.3, 0.4) is 0 Å². The fourth-order valence-corrected chi connectivity index (χ4v) is 3.31. The molecule has 0 amide bonds. The second kappa shape index (κ2) is 5.12. The third-order valence-electron chi connectivity index (χ3n) is 2.48. The number of pyridine rings is 1. The summed E-state index contributed by atoms with van der Waals surface area (Å²) in [6.45, 7) is 0. The number of carbonyl (C=O) groups is 1. The van der Waals surface area contributed by atoms with Crippen LogP contribution in [-0.2, 0) is 4.79 Å². The molecule has 1 aromatic heterocycles. The lowest BCUT2D eigenvalue weighted by atomic mass is 9.99. The molecule has 80 valence electrons. The average Bonchev–Trinajstić information content (AvgIpc) is 2.24. The lowest BCUT2D eigenvalue weighted by molar-refractivity contribution is -0.119. The number of ketones is 1. The third-order valence-corrected chi connectivity index (χ3v) is 4.71. The first-order valence-corrected chi connectivity index (χ1v) is 6.74. The molecule has 1 saturated carbocycles. The largest absolute Gasteiger partial charge is 0.298 e. The molecule has 0 bridgehead atoms. The number of thioether (sulfide) groups is 1. The van der Waals surface area contributed by atoms with Gasteiger partial charge in [-0.05, 0) is 40.9 Å². The van der Waals surface area contributed by atoms with Crippen LogP contribution in [0, 0.1) is 0 Å². The van der Waals surface area contributed by atoms with Crippen LogP contribution in [0.5, 0.6) is 0 Å². The van der Waals surface area contributed by atoms with Crippen LogP contribution in [0.4, 0.5) is 0 Å². The van der Waals surface area contributed by atoms with Gasteiger partial charge in [0.05, 0.1) is 5.25 Å². The van der Waals surface area contributed by atoms with Crippen molar-refractivity contribution in [3.63, 3.8) is 0 Å². The maximum Gasteiger partial charge on any atom is 0.146 e. The van der Waals surface area contributed by atoms with Gasteiger partial charge in [-0.3, -0.25) is 4.79 Å². The number of rotatable bonds is 2. The summed E-state index contributed by atoms with van der Waals surface area (Å²) < 4.78 is 0.980. The molecule has 0 aromatic carbocycles. The molecule has 1 atom stereocenters. The standard InChI is InChI=1S/C11H12BrNOS/c12-8-4-3-7-13-11(8)15-10-6-2-1-5-9(10)14/h3-4,7,10H,1-2,5-6H2. The zero-order valence-corrected chi connectivity index (χ0v) is 10.7. The molecule has 15 heavy (non-hydrogen) atoms. The molecule has 0 aliphatic heterocycles. The van der Waals surface area contributed by atoms with E-state index < -0.39 is 0 Å². The van der Waals surface area contributed by atoms with Crippen molar-refractivity contribution in [2.75, 3.05) is 0 Å². The summed E-state index contributed by atoms with van der Waals surface area (Å²) in [7, 11) is 0. The van der Waals surface area contributed by atoms with Gasteiger partial charge in [0, 0.05) is 17.1 Å². The molecule has 0 N–H and O–H groups in total. The molecule has 1 unspecified atom stereocenters. The van der Waals surface area contributed by atoms with Crippen molar-refractivity contribution in [2.24, 2.45) is 0 Å². The minimum Gasteiger partial charge on any atom is -0.298 e. The fraction of sp³-hybridized carbons (Fsp3) is 0.455. The van der Waals surface area contributed by atoms with Gasteiger partial charge in [-0.25, -0.2) is 4.98 Å². The van der Waals surface area contributed by atoms with Crippen LogP contribution in [0.25, 0.3) is 0 Å². The maximum absolute atomic E-state index is 11.6. The molecular weight excluding hydrogens is 274 g/mol. The fourth-order valence-electron chi connectivity index (χ4n) is 1.67. The van der Waals surface area contributed by atoms with Crippen LogP contribution in [0.15, 0.2) is 27.8 Å². The highest BCUT2D eigenvalue weighted by Gasteiger charge is 2.24. The van der Waals surface area contributed by atoms with Gasteiger partial charge in [-0.2, -0.15) is 0 Å². The Balaban J connectivity index is 2.08. The topological polar surface area (TPSA) is 30.0 Å². The first kappa shape index (κ1) is 11.1. The van der Waals surface area contributed by atoms with Crippen LogP contribution in [0.2, 0.25) is 0 Å². The minimum atomic E-state index is 0.116. The smallest absolute Gasteiger partial charge is 0.146 e. The number of hydrogen-bond acceptors (Lipinski definition) is 3. The highest BCUT2D eigenvalue weighted by atomic mass is 79.9. The monoisotopic (exact) mass is 285 g/mol. The Kier molecular flexibility index (Phi) is 3.81. The average molecular weight is 286 g/mol. The highest BCUT2D eigenvalue weighted by molar-refractivity contribution is 9.10. The van der Waals surface area contributed by atoms with Gasteiger partial charge in [-0.1, -0.05) is 18.2 Å². The number of carbonyl (C=O) groups excluding carboxylic acids is 1. The van der Waals surface area contributed by atoms with Crippen molar-refractivity contribution in [1.29, 1.82) is 0 Å². The highest BCUT2D eigenvalue weighted by Crippen LogP contribution is 2.33. The Morgan fingerprint density at radius 3 is 3.07 bits per heavy atom. The van der Waals surface area contributed by atoms with Crippen molar-refractivity contribution in [3.8, 4) is 0 Å². The summed E-state index contributed by atoms with van der Waals surface area (Å²) in [5, 5.41) is 1.04. The summed E-state index contributed by atoms with van der Waals surface area (Å²) in [6, 6.07) is 3.85. The molecule has 1 aliphatic rings. The van der Waals surface area contributed by atoms with Crippen LogP contribution in [0.1, 0.15) is 25.7 Å². The Morgan fingerprint density at radius 1 is 1.47 bits per heavy atom. The van der Waals surface area contributed by atoms with Crippen molar-refractivity contribution in [1.82, 2.24) is 4.98 Å². The second-order valence-electron chi connectivity index (χ2n) is 3.61. The predicted octanol–water partition coefficient (Wildman–Crippen LogP) is 3.45. The normalized spacial score (nSPS) is 21.7. The molecule has 0 radical (unpaired) electrons. The molecular formula is C11H12BrNOS. The first-order chi connectivity index (χ1) is 7.27. The van der Waals surface area contributed by atoms with E-state index in [1.54, 1.807) is 18.0 Å².